The summed E-state index contributed by atoms with van der Waals surface area (Å²) < 4.78 is 0. The van der Waals surface area contributed by atoms with Gasteiger partial charge in [-0.15, -0.1) is 0 Å². The van der Waals surface area contributed by atoms with E-state index in [1.165, 1.54) is 0 Å². The second-order valence-electron chi connectivity index (χ2n) is 0. The molecule has 0 saturated heterocycles. The zero-order chi connectivity index (χ0) is 0. The monoisotopic (exact) mass is 480 g/mol. The Balaban J connectivity index is 0. The normalized spacial score (nSPS) is 0. The van der Waals surface area contributed by atoms with Crippen LogP contribution in [0.25, 0.3) is 0 Å². The molecule has 0 heterocycles. The fourth-order valence-corrected chi connectivity index (χ4v) is 0. The first-order valence-electron chi connectivity index (χ1n) is 0. The third-order valence-corrected chi connectivity index (χ3v) is 0. The van der Waals surface area contributed by atoms with Crippen LogP contribution in [0.4, 0.5) is 0 Å². The van der Waals surface area contributed by atoms with Crippen molar-refractivity contribution in [3.63, 3.8) is 0 Å². The predicted octanol–water partition coefficient (Wildman–Crippen LogP) is -1.08. The Hall–Kier alpha value is 2.76. The van der Waals surface area contributed by atoms with Crippen molar-refractivity contribution in [2.24, 2.45) is 0 Å². The van der Waals surface area contributed by atoms with Crippen LogP contribution in [0.1, 0.15) is 0 Å². The molecule has 9 nitrogen and oxygen atoms in total. The van der Waals surface area contributed by atoms with Gasteiger partial charge in [-0.05, 0) is 0 Å². The average molecular weight is 479 g/mol. The molecule has 0 amide bonds. The molecule has 0 N–H and O–H groups in total. The molecule has 0 bridgehead atoms. The molecule has 0 spiro atoms. The number of hydrogen-bond acceptors (Lipinski definition) is 0. The van der Waals surface area contributed by atoms with Crippen LogP contribution in [0.2, 0.25) is 0 Å². The minimum absolute atomic E-state index is 0. The summed E-state index contributed by atoms with van der Waals surface area (Å²) >= 11 is 0. The van der Waals surface area contributed by atoms with E-state index in [-0.39, 0.29) is 152 Å². The van der Waals surface area contributed by atoms with E-state index in [4.69, 9.17) is 0 Å². The molecule has 102 valence electrons. The zero-order valence-electron chi connectivity index (χ0n) is 5.80. The second-order valence-corrected chi connectivity index (χ2v) is 0. The van der Waals surface area contributed by atoms with Crippen LogP contribution in [0.3, 0.4) is 0 Å². The Kier molecular flexibility index (Phi) is 23900. The van der Waals surface area contributed by atoms with Crippen LogP contribution in [0.5, 0.6) is 0 Å². The molecule has 0 atom stereocenters. The average Bonchev–Trinajstić information content (AvgIpc) is 0. The first kappa shape index (κ1) is 656. The largest absolute Gasteiger partial charge is 3.00 e. The van der Waals surface area contributed by atoms with E-state index in [1.54, 1.807) is 0 Å². The van der Waals surface area contributed by atoms with E-state index in [0.717, 1.165) is 0 Å². The first-order chi connectivity index (χ1) is 0. The van der Waals surface area contributed by atoms with Crippen molar-refractivity contribution in [3.8, 4) is 0 Å². The van der Waals surface area contributed by atoms with E-state index in [0.29, 0.717) is 0 Å². The maximum atomic E-state index is 0. The van der Waals surface area contributed by atoms with Crippen LogP contribution in [0.15, 0.2) is 0 Å². The molecular weight excluding hydrogens is 479 g/mol. The molecule has 15 heteroatoms. The molecular formula is Fe6O9. The van der Waals surface area contributed by atoms with Gasteiger partial charge in [-0.1, -0.05) is 0 Å². The summed E-state index contributed by atoms with van der Waals surface area (Å²) in [6.07, 6.45) is 0. The summed E-state index contributed by atoms with van der Waals surface area (Å²) in [7, 11) is 0. The Morgan fingerprint density at radius 3 is 0.133 bits per heavy atom. The zero-order valence-corrected chi connectivity index (χ0v) is 12.4. The minimum Gasteiger partial charge on any atom is -2.00 e. The van der Waals surface area contributed by atoms with Crippen molar-refractivity contribution in [1.82, 2.24) is 0 Å². The van der Waals surface area contributed by atoms with Gasteiger partial charge >= 0.3 is 102 Å². The van der Waals surface area contributed by atoms with E-state index < -0.39 is 0 Å². The molecule has 0 aliphatic rings. The van der Waals surface area contributed by atoms with Gasteiger partial charge < -0.3 is 49.3 Å². The Labute approximate surface area is 150 Å². The van der Waals surface area contributed by atoms with Gasteiger partial charge in [-0.25, -0.2) is 0 Å². The van der Waals surface area contributed by atoms with Gasteiger partial charge in [0.1, 0.15) is 0 Å². The van der Waals surface area contributed by atoms with Crippen LogP contribution < -0.4 is 0 Å². The predicted molar refractivity (Wildman–Crippen MR) is 6.18 cm³/mol. The quantitative estimate of drug-likeness (QED) is 0.376. The summed E-state index contributed by atoms with van der Waals surface area (Å²) in [4.78, 5) is 0. The fourth-order valence-electron chi connectivity index (χ4n) is 0. The van der Waals surface area contributed by atoms with Crippen molar-refractivity contribution < 1.29 is 152 Å². The molecule has 15 heavy (non-hydrogen) atoms. The molecule has 0 saturated carbocycles. The third-order valence-electron chi connectivity index (χ3n) is 0. The third kappa shape index (κ3) is 480. The van der Waals surface area contributed by atoms with E-state index in [2.05, 4.69) is 0 Å². The van der Waals surface area contributed by atoms with Crippen molar-refractivity contribution in [3.05, 3.63) is 0 Å². The van der Waals surface area contributed by atoms with Gasteiger partial charge in [0.05, 0.1) is 0 Å². The molecule has 0 aromatic heterocycles. The van der Waals surface area contributed by atoms with Crippen molar-refractivity contribution in [1.29, 1.82) is 0 Å². The molecule has 0 aromatic carbocycles. The van der Waals surface area contributed by atoms with Gasteiger partial charge in [-0.2, -0.15) is 0 Å². The number of rotatable bonds is 0. The number of hydrogen-bond donors (Lipinski definition) is 0. The van der Waals surface area contributed by atoms with E-state index in [9.17, 15) is 0 Å². The van der Waals surface area contributed by atoms with Crippen molar-refractivity contribution in [2.75, 3.05) is 0 Å². The molecule has 0 unspecified atom stereocenters. The first-order valence-corrected chi connectivity index (χ1v) is 0. The molecule has 0 fully saturated rings. The summed E-state index contributed by atoms with van der Waals surface area (Å²) in [6, 6.07) is 0. The minimum atomic E-state index is 0. The van der Waals surface area contributed by atoms with Crippen LogP contribution in [-0.4, -0.2) is 0 Å². The maximum absolute atomic E-state index is 0. The Morgan fingerprint density at radius 2 is 0.133 bits per heavy atom. The molecule has 0 rings (SSSR count). The molecule has 0 aromatic rings. The molecule has 0 aliphatic carbocycles. The fraction of sp³-hybridized carbons (Fsp3) is 0. The van der Waals surface area contributed by atoms with Crippen LogP contribution >= 0.6 is 0 Å². The second kappa shape index (κ2) is 547. The van der Waals surface area contributed by atoms with Crippen LogP contribution in [-0.2, 0) is 152 Å². The summed E-state index contributed by atoms with van der Waals surface area (Å²) in [5.41, 5.74) is 0. The molecule has 6 radical (unpaired) electrons. The van der Waals surface area contributed by atoms with Gasteiger partial charge in [0.25, 0.3) is 0 Å². The van der Waals surface area contributed by atoms with E-state index >= 15 is 0 Å². The van der Waals surface area contributed by atoms with Crippen molar-refractivity contribution >= 4 is 0 Å². The maximum Gasteiger partial charge on any atom is 3.00 e. The van der Waals surface area contributed by atoms with Crippen molar-refractivity contribution in [2.45, 2.75) is 0 Å². The Morgan fingerprint density at radius 1 is 0.133 bits per heavy atom. The summed E-state index contributed by atoms with van der Waals surface area (Å²) in [5, 5.41) is 0. The van der Waals surface area contributed by atoms with Gasteiger partial charge in [0.2, 0.25) is 0 Å². The summed E-state index contributed by atoms with van der Waals surface area (Å²) in [6.45, 7) is 0. The summed E-state index contributed by atoms with van der Waals surface area (Å²) in [5.74, 6) is 0. The van der Waals surface area contributed by atoms with Gasteiger partial charge in [-0.3, -0.25) is 0 Å². The van der Waals surface area contributed by atoms with E-state index in [1.807, 2.05) is 0 Å². The van der Waals surface area contributed by atoms with Gasteiger partial charge in [0.15, 0.2) is 0 Å². The Bertz CT molecular complexity index is 14.6. The topological polar surface area (TPSA) is 256 Å². The van der Waals surface area contributed by atoms with Gasteiger partial charge in [0, 0.05) is 0 Å². The smallest absolute Gasteiger partial charge is 2.00 e. The molecule has 0 aliphatic heterocycles. The van der Waals surface area contributed by atoms with Crippen LogP contribution in [0, 0.1) is 0 Å². The SMILES string of the molecule is [Fe+3].[Fe+3].[Fe+3].[Fe+3].[Fe+3].[Fe+3].[O-2].[O-2].[O-2].[O-2].[O-2].[O-2].[O-2].[O-2].[O-2]. The standard InChI is InChI=1S/6Fe.9O/q6*+3;9*-2.